The van der Waals surface area contributed by atoms with E-state index < -0.39 is 0 Å². The Bertz CT molecular complexity index is 521. The smallest absolute Gasteiger partial charge is 0.184 e. The maximum absolute atomic E-state index is 5.92. The molecule has 0 atom stereocenters. The van der Waals surface area contributed by atoms with Gasteiger partial charge in [-0.1, -0.05) is 11.6 Å². The second-order valence-electron chi connectivity index (χ2n) is 3.94. The van der Waals surface area contributed by atoms with Gasteiger partial charge in [0.2, 0.25) is 0 Å². The van der Waals surface area contributed by atoms with E-state index in [1.54, 1.807) is 11.3 Å². The molecule has 0 aliphatic carbocycles. The van der Waals surface area contributed by atoms with Crippen LogP contribution in [0.4, 0.5) is 5.69 Å². The van der Waals surface area contributed by atoms with E-state index in [4.69, 9.17) is 11.6 Å². The van der Waals surface area contributed by atoms with Gasteiger partial charge in [-0.3, -0.25) is 0 Å². The summed E-state index contributed by atoms with van der Waals surface area (Å²) < 4.78 is 1.82. The highest BCUT2D eigenvalue weighted by Gasteiger charge is 2.15. The molecule has 1 aromatic carbocycles. The van der Waals surface area contributed by atoms with Crippen molar-refractivity contribution in [2.24, 2.45) is 0 Å². The Morgan fingerprint density at radius 1 is 1.47 bits per heavy atom. The summed E-state index contributed by atoms with van der Waals surface area (Å²) in [4.78, 5) is 6.62. The van der Waals surface area contributed by atoms with Gasteiger partial charge in [0, 0.05) is 19.3 Å². The van der Waals surface area contributed by atoms with Crippen LogP contribution in [0, 0.1) is 0 Å². The summed E-state index contributed by atoms with van der Waals surface area (Å²) in [5.41, 5.74) is 3.78. The van der Waals surface area contributed by atoms with Crippen molar-refractivity contribution in [1.82, 2.24) is 4.98 Å². The molecule has 0 saturated carbocycles. The summed E-state index contributed by atoms with van der Waals surface area (Å²) in [7, 11) is 2.15. The molecule has 0 bridgehead atoms. The maximum Gasteiger partial charge on any atom is 0.184 e. The van der Waals surface area contributed by atoms with Crippen molar-refractivity contribution in [3.63, 3.8) is 0 Å². The number of fused-ring (bicyclic) bond motifs is 2. The number of rotatable bonds is 0. The monoisotopic (exact) mass is 238 g/mol. The Morgan fingerprint density at radius 3 is 3.20 bits per heavy atom. The summed E-state index contributed by atoms with van der Waals surface area (Å²) in [6.45, 7) is 1.14. The number of anilines is 1. The average Bonchev–Trinajstić information content (AvgIpc) is 2.55. The summed E-state index contributed by atoms with van der Waals surface area (Å²) in [6, 6.07) is 4.40. The van der Waals surface area contributed by atoms with E-state index in [-0.39, 0.29) is 0 Å². The summed E-state index contributed by atoms with van der Waals surface area (Å²) in [6.07, 6.45) is 2.39. The first kappa shape index (κ1) is 9.43. The third-order valence-electron chi connectivity index (χ3n) is 2.91. The molecule has 0 N–H and O–H groups in total. The third-order valence-corrected chi connectivity index (χ3v) is 4.04. The van der Waals surface area contributed by atoms with Crippen LogP contribution in [-0.4, -0.2) is 18.6 Å². The molecule has 4 heteroatoms. The molecule has 1 aromatic heterocycles. The zero-order chi connectivity index (χ0) is 10.4. The predicted molar refractivity (Wildman–Crippen MR) is 66.2 cm³/mol. The molecule has 2 nitrogen and oxygen atoms in total. The Hall–Kier alpha value is -0.800. The van der Waals surface area contributed by atoms with Gasteiger partial charge < -0.3 is 4.90 Å². The molecular formula is C11H11ClN2S. The minimum atomic E-state index is 0.634. The fourth-order valence-corrected chi connectivity index (χ4v) is 3.21. The van der Waals surface area contributed by atoms with Gasteiger partial charge in [-0.15, -0.1) is 11.3 Å². The molecule has 78 valence electrons. The highest BCUT2D eigenvalue weighted by atomic mass is 35.5. The molecule has 0 fully saturated rings. The number of nitrogens with zero attached hydrogens (tertiary/aromatic N) is 2. The van der Waals surface area contributed by atoms with Gasteiger partial charge in [-0.2, -0.15) is 0 Å². The highest BCUT2D eigenvalue weighted by molar-refractivity contribution is 7.22. The fourth-order valence-electron chi connectivity index (χ4n) is 2.16. The van der Waals surface area contributed by atoms with E-state index in [2.05, 4.69) is 29.1 Å². The third kappa shape index (κ3) is 1.50. The van der Waals surface area contributed by atoms with Crippen LogP contribution >= 0.6 is 22.9 Å². The van der Waals surface area contributed by atoms with Gasteiger partial charge in [0.05, 0.1) is 10.2 Å². The molecule has 0 amide bonds. The normalized spacial score (nSPS) is 15.7. The molecule has 2 aromatic rings. The van der Waals surface area contributed by atoms with Crippen LogP contribution in [0.3, 0.4) is 0 Å². The number of thiazole rings is 1. The minimum Gasteiger partial charge on any atom is -0.374 e. The second-order valence-corrected chi connectivity index (χ2v) is 5.55. The quantitative estimate of drug-likeness (QED) is 0.700. The lowest BCUT2D eigenvalue weighted by atomic mass is 10.0. The topological polar surface area (TPSA) is 16.1 Å². The van der Waals surface area contributed by atoms with Gasteiger partial charge in [0.25, 0.3) is 0 Å². The predicted octanol–water partition coefficient (Wildman–Crippen LogP) is 3.33. The van der Waals surface area contributed by atoms with Gasteiger partial charge >= 0.3 is 0 Å². The molecule has 3 rings (SSSR count). The van der Waals surface area contributed by atoms with Crippen molar-refractivity contribution in [2.45, 2.75) is 12.8 Å². The zero-order valence-electron chi connectivity index (χ0n) is 8.46. The van der Waals surface area contributed by atoms with Crippen molar-refractivity contribution in [1.29, 1.82) is 0 Å². The molecule has 2 heterocycles. The second kappa shape index (κ2) is 3.35. The number of halogens is 1. The Labute approximate surface area is 97.5 Å². The number of hydrogen-bond donors (Lipinski definition) is 0. The first-order valence-corrected chi connectivity index (χ1v) is 6.23. The van der Waals surface area contributed by atoms with E-state index >= 15 is 0 Å². The van der Waals surface area contributed by atoms with Gasteiger partial charge in [-0.25, -0.2) is 4.98 Å². The van der Waals surface area contributed by atoms with Gasteiger partial charge in [0.1, 0.15) is 0 Å². The highest BCUT2D eigenvalue weighted by Crippen LogP contribution is 2.34. The fraction of sp³-hybridized carbons (Fsp3) is 0.364. The first-order chi connectivity index (χ1) is 7.24. The summed E-state index contributed by atoms with van der Waals surface area (Å²) >= 11 is 7.47. The van der Waals surface area contributed by atoms with Crippen LogP contribution < -0.4 is 4.90 Å². The van der Waals surface area contributed by atoms with E-state index in [1.165, 1.54) is 22.4 Å². The van der Waals surface area contributed by atoms with Crippen LogP contribution in [0.5, 0.6) is 0 Å². The number of benzene rings is 1. The average molecular weight is 239 g/mol. The Morgan fingerprint density at radius 2 is 2.33 bits per heavy atom. The van der Waals surface area contributed by atoms with E-state index in [9.17, 15) is 0 Å². The maximum atomic E-state index is 5.92. The minimum absolute atomic E-state index is 0.634. The van der Waals surface area contributed by atoms with E-state index in [1.807, 2.05) is 0 Å². The van der Waals surface area contributed by atoms with E-state index in [0.717, 1.165) is 18.5 Å². The number of aryl methyl sites for hydroxylation is 1. The van der Waals surface area contributed by atoms with Crippen LogP contribution in [0.15, 0.2) is 12.1 Å². The molecule has 1 aliphatic heterocycles. The van der Waals surface area contributed by atoms with Crippen molar-refractivity contribution in [3.05, 3.63) is 22.2 Å². The molecular weight excluding hydrogens is 228 g/mol. The van der Waals surface area contributed by atoms with Crippen LogP contribution in [0.1, 0.15) is 12.0 Å². The van der Waals surface area contributed by atoms with Gasteiger partial charge in [0.15, 0.2) is 4.47 Å². The number of aromatic nitrogens is 1. The van der Waals surface area contributed by atoms with Gasteiger partial charge in [-0.05, 0) is 30.5 Å². The first-order valence-electron chi connectivity index (χ1n) is 5.04. The largest absolute Gasteiger partial charge is 0.374 e. The lowest BCUT2D eigenvalue weighted by molar-refractivity contribution is 0.746. The van der Waals surface area contributed by atoms with Crippen molar-refractivity contribution < 1.29 is 0 Å². The standard InChI is InChI=1S/C11H11ClN2S/c1-14-4-2-3-7-5-8-10(6-9(7)14)15-11(12)13-8/h5-6H,2-4H2,1H3. The Kier molecular flexibility index (Phi) is 2.11. The summed E-state index contributed by atoms with van der Waals surface area (Å²) in [5, 5.41) is 0. The SMILES string of the molecule is CN1CCCc2cc3nc(Cl)sc3cc21. The molecule has 15 heavy (non-hydrogen) atoms. The molecule has 0 radical (unpaired) electrons. The lowest BCUT2D eigenvalue weighted by Gasteiger charge is -2.27. The van der Waals surface area contributed by atoms with E-state index in [0.29, 0.717) is 4.47 Å². The molecule has 1 aliphatic rings. The molecule has 0 spiro atoms. The summed E-state index contributed by atoms with van der Waals surface area (Å²) in [5.74, 6) is 0. The van der Waals surface area contributed by atoms with Crippen molar-refractivity contribution in [3.8, 4) is 0 Å². The van der Waals surface area contributed by atoms with Crippen LogP contribution in [0.25, 0.3) is 10.2 Å². The zero-order valence-corrected chi connectivity index (χ0v) is 10.0. The molecule has 0 unspecified atom stereocenters. The van der Waals surface area contributed by atoms with Crippen molar-refractivity contribution >= 4 is 38.8 Å². The van der Waals surface area contributed by atoms with Crippen molar-refractivity contribution in [2.75, 3.05) is 18.5 Å². The number of hydrogen-bond acceptors (Lipinski definition) is 3. The molecule has 0 saturated heterocycles. The van der Waals surface area contributed by atoms with Crippen LogP contribution in [0.2, 0.25) is 4.47 Å². The Balaban J connectivity index is 2.26. The lowest BCUT2D eigenvalue weighted by Crippen LogP contribution is -2.24. The van der Waals surface area contributed by atoms with Crippen LogP contribution in [-0.2, 0) is 6.42 Å².